The predicted octanol–water partition coefficient (Wildman–Crippen LogP) is 3.21. The molecule has 0 aliphatic carbocycles. The largest absolute Gasteiger partial charge is 0.279 e. The molecule has 0 N–H and O–H groups in total. The van der Waals surface area contributed by atoms with Gasteiger partial charge in [-0.1, -0.05) is 25.1 Å². The maximum Gasteiger partial charge on any atom is 0.0615 e. The fraction of sp³-hybridized carbons (Fsp3) is 0.500. The molecule has 2 rings (SSSR count). The van der Waals surface area contributed by atoms with Crippen molar-refractivity contribution in [2.24, 2.45) is 0 Å². The van der Waals surface area contributed by atoms with Crippen LogP contribution in [0.5, 0.6) is 0 Å². The number of fused-ring (bicyclic) bond motifs is 1. The Kier molecular flexibility index (Phi) is 1.83. The number of hydrogen-bond acceptors (Lipinski definition) is 0. The summed E-state index contributed by atoms with van der Waals surface area (Å²) in [5.41, 5.74) is 2.71. The molecule has 1 heteroatoms. The highest BCUT2D eigenvalue weighted by Crippen LogP contribution is 2.38. The third-order valence-electron chi connectivity index (χ3n) is 2.70. The van der Waals surface area contributed by atoms with Crippen LogP contribution in [0.25, 0.3) is 0 Å². The van der Waals surface area contributed by atoms with E-state index in [2.05, 4.69) is 45.0 Å². The van der Waals surface area contributed by atoms with Crippen LogP contribution in [0, 0.1) is 0 Å². The summed E-state index contributed by atoms with van der Waals surface area (Å²) in [7, 11) is 0. The molecule has 0 spiro atoms. The van der Waals surface area contributed by atoms with E-state index in [0.717, 1.165) is 6.42 Å². The van der Waals surface area contributed by atoms with E-state index in [1.807, 2.05) is 0 Å². The molecule has 1 radical (unpaired) electrons. The molecule has 1 nitrogen and oxygen atoms in total. The molecule has 1 heterocycles. The lowest BCUT2D eigenvalue weighted by molar-refractivity contribution is 0.357. The summed E-state index contributed by atoms with van der Waals surface area (Å²) in [5, 5.41) is 4.73. The molecule has 1 aromatic carbocycles. The molecule has 0 saturated heterocycles. The van der Waals surface area contributed by atoms with Gasteiger partial charge in [-0.05, 0) is 37.8 Å². The van der Waals surface area contributed by atoms with Gasteiger partial charge in [0.05, 0.1) is 11.2 Å². The third kappa shape index (κ3) is 1.55. The average Bonchev–Trinajstić information content (AvgIpc) is 2.02. The van der Waals surface area contributed by atoms with E-state index < -0.39 is 0 Å². The van der Waals surface area contributed by atoms with Gasteiger partial charge >= 0.3 is 0 Å². The number of benzene rings is 1. The van der Waals surface area contributed by atoms with Crippen molar-refractivity contribution in [2.75, 3.05) is 0 Å². The van der Waals surface area contributed by atoms with Gasteiger partial charge < -0.3 is 0 Å². The summed E-state index contributed by atoms with van der Waals surface area (Å²) < 4.78 is 0. The van der Waals surface area contributed by atoms with Gasteiger partial charge in [-0.3, -0.25) is 5.32 Å². The monoisotopic (exact) mass is 174 g/mol. The molecule has 0 bridgehead atoms. The first-order valence-corrected chi connectivity index (χ1v) is 4.90. The second-order valence-electron chi connectivity index (χ2n) is 4.59. The Balaban J connectivity index is 2.43. The van der Waals surface area contributed by atoms with Crippen LogP contribution in [-0.2, 0) is 0 Å². The second kappa shape index (κ2) is 2.76. The predicted molar refractivity (Wildman–Crippen MR) is 55.3 cm³/mol. The highest BCUT2D eigenvalue weighted by Gasteiger charge is 2.30. The van der Waals surface area contributed by atoms with Crippen LogP contribution in [0.3, 0.4) is 0 Å². The smallest absolute Gasteiger partial charge is 0.0615 e. The van der Waals surface area contributed by atoms with E-state index in [1.165, 1.54) is 11.3 Å². The van der Waals surface area contributed by atoms with Crippen LogP contribution in [0.2, 0.25) is 0 Å². The molecule has 1 aromatic rings. The van der Waals surface area contributed by atoms with Gasteiger partial charge in [0.15, 0.2) is 0 Å². The van der Waals surface area contributed by atoms with Gasteiger partial charge in [-0.15, -0.1) is 0 Å². The zero-order chi connectivity index (χ0) is 9.47. The zero-order valence-corrected chi connectivity index (χ0v) is 8.54. The van der Waals surface area contributed by atoms with Gasteiger partial charge in [-0.25, -0.2) is 0 Å². The molecule has 0 amide bonds. The molecule has 1 atom stereocenters. The molecular weight excluding hydrogens is 158 g/mol. The Morgan fingerprint density at radius 3 is 2.77 bits per heavy atom. The van der Waals surface area contributed by atoms with Crippen LogP contribution in [-0.4, -0.2) is 5.54 Å². The van der Waals surface area contributed by atoms with Gasteiger partial charge in [0.25, 0.3) is 0 Å². The average molecular weight is 174 g/mol. The first-order chi connectivity index (χ1) is 6.08. The Morgan fingerprint density at radius 2 is 2.00 bits per heavy atom. The van der Waals surface area contributed by atoms with Crippen LogP contribution >= 0.6 is 0 Å². The quantitative estimate of drug-likeness (QED) is 0.573. The van der Waals surface area contributed by atoms with E-state index in [4.69, 9.17) is 5.32 Å². The third-order valence-corrected chi connectivity index (χ3v) is 2.70. The minimum atomic E-state index is 0.119. The first kappa shape index (κ1) is 8.61. The van der Waals surface area contributed by atoms with Crippen molar-refractivity contribution < 1.29 is 0 Å². The minimum Gasteiger partial charge on any atom is -0.279 e. The summed E-state index contributed by atoms with van der Waals surface area (Å²) >= 11 is 0. The van der Waals surface area contributed by atoms with Crippen molar-refractivity contribution in [3.63, 3.8) is 0 Å². The SMILES string of the molecule is CC1CC(C)(C)[N]c2ccccc21. The van der Waals surface area contributed by atoms with Gasteiger partial charge in [0.2, 0.25) is 0 Å². The summed E-state index contributed by atoms with van der Waals surface area (Å²) in [6, 6.07) is 8.48. The van der Waals surface area contributed by atoms with Crippen molar-refractivity contribution in [1.29, 1.82) is 0 Å². The lowest BCUT2D eigenvalue weighted by Crippen LogP contribution is -2.35. The lowest BCUT2D eigenvalue weighted by Gasteiger charge is -2.35. The van der Waals surface area contributed by atoms with Crippen molar-refractivity contribution in [3.8, 4) is 0 Å². The molecule has 13 heavy (non-hydrogen) atoms. The summed E-state index contributed by atoms with van der Waals surface area (Å²) in [6.45, 7) is 6.70. The van der Waals surface area contributed by atoms with E-state index in [-0.39, 0.29) is 5.54 Å². The maximum absolute atomic E-state index is 4.73. The molecule has 1 aliphatic heterocycles. The topological polar surface area (TPSA) is 14.1 Å². The Hall–Kier alpha value is -0.980. The second-order valence-corrected chi connectivity index (χ2v) is 4.59. The number of hydrogen-bond donors (Lipinski definition) is 0. The summed E-state index contributed by atoms with van der Waals surface area (Å²) in [6.07, 6.45) is 1.16. The van der Waals surface area contributed by atoms with E-state index in [0.29, 0.717) is 5.92 Å². The van der Waals surface area contributed by atoms with Crippen molar-refractivity contribution in [3.05, 3.63) is 29.8 Å². The van der Waals surface area contributed by atoms with Crippen LogP contribution in [0.1, 0.15) is 38.7 Å². The van der Waals surface area contributed by atoms with Crippen molar-refractivity contribution in [1.82, 2.24) is 5.32 Å². The molecular formula is C12H16N. The Morgan fingerprint density at radius 1 is 1.31 bits per heavy atom. The minimum absolute atomic E-state index is 0.119. The Bertz CT molecular complexity index is 315. The molecule has 1 unspecified atom stereocenters. The van der Waals surface area contributed by atoms with Crippen molar-refractivity contribution >= 4 is 5.69 Å². The molecule has 0 aromatic heterocycles. The van der Waals surface area contributed by atoms with E-state index in [1.54, 1.807) is 0 Å². The Labute approximate surface area is 80.2 Å². The van der Waals surface area contributed by atoms with Crippen molar-refractivity contribution in [2.45, 2.75) is 38.6 Å². The molecule has 0 fully saturated rings. The van der Waals surface area contributed by atoms with Gasteiger partial charge in [0.1, 0.15) is 0 Å². The number of rotatable bonds is 0. The fourth-order valence-corrected chi connectivity index (χ4v) is 2.24. The summed E-state index contributed by atoms with van der Waals surface area (Å²) in [4.78, 5) is 0. The molecule has 0 saturated carbocycles. The van der Waals surface area contributed by atoms with Crippen LogP contribution in [0.4, 0.5) is 5.69 Å². The first-order valence-electron chi connectivity index (χ1n) is 4.90. The lowest BCUT2D eigenvalue weighted by atomic mass is 9.82. The van der Waals surface area contributed by atoms with Gasteiger partial charge in [0, 0.05) is 0 Å². The molecule has 1 aliphatic rings. The zero-order valence-electron chi connectivity index (χ0n) is 8.54. The van der Waals surface area contributed by atoms with E-state index in [9.17, 15) is 0 Å². The molecule has 69 valence electrons. The van der Waals surface area contributed by atoms with E-state index >= 15 is 0 Å². The fourth-order valence-electron chi connectivity index (χ4n) is 2.24. The standard InChI is InChI=1S/C12H16N/c1-9-8-12(2,3)13-11-7-5-4-6-10(9)11/h4-7,9H,8H2,1-3H3. The van der Waals surface area contributed by atoms with Crippen LogP contribution in [0.15, 0.2) is 24.3 Å². The normalized spacial score (nSPS) is 24.7. The van der Waals surface area contributed by atoms with Crippen LogP contribution < -0.4 is 5.32 Å². The number of para-hydroxylation sites is 1. The summed E-state index contributed by atoms with van der Waals surface area (Å²) in [5.74, 6) is 0.642. The maximum atomic E-state index is 4.73. The highest BCUT2D eigenvalue weighted by molar-refractivity contribution is 5.49. The highest BCUT2D eigenvalue weighted by atomic mass is 15.0. The van der Waals surface area contributed by atoms with Gasteiger partial charge in [-0.2, -0.15) is 0 Å². The number of nitrogens with zero attached hydrogens (tertiary/aromatic N) is 1.